The first-order chi connectivity index (χ1) is 7.47. The smallest absolute Gasteiger partial charge is 0.159 e. The second kappa shape index (κ2) is 5.89. The monoisotopic (exact) mass is 225 g/mol. The Bertz CT molecular complexity index is 298. The van der Waals surface area contributed by atoms with Crippen LogP contribution in [0.2, 0.25) is 0 Å². The molecule has 0 amide bonds. The van der Waals surface area contributed by atoms with E-state index in [1.54, 1.807) is 32.3 Å². The van der Waals surface area contributed by atoms with Gasteiger partial charge in [0.15, 0.2) is 5.79 Å². The number of aliphatic hydroxyl groups is 1. The van der Waals surface area contributed by atoms with Gasteiger partial charge in [-0.15, -0.1) is 0 Å². The summed E-state index contributed by atoms with van der Waals surface area (Å²) in [5, 5.41) is 9.33. The standard InChI is InChI=1S/C11H19N3O2/c1-11(2,15)16-7-4-9(12)8-10-13-5-3-6-14-10/h3,5-6,9,15H,4,7-8,12H2,1-2H3/t9-/m0/s1. The summed E-state index contributed by atoms with van der Waals surface area (Å²) in [5.41, 5.74) is 5.89. The Morgan fingerprint density at radius 1 is 1.44 bits per heavy atom. The van der Waals surface area contributed by atoms with Gasteiger partial charge in [0, 0.05) is 24.9 Å². The average Bonchev–Trinajstić information content (AvgIpc) is 2.17. The van der Waals surface area contributed by atoms with Gasteiger partial charge in [-0.05, 0) is 26.3 Å². The number of aromatic nitrogens is 2. The van der Waals surface area contributed by atoms with E-state index in [1.807, 2.05) is 0 Å². The third-order valence-corrected chi connectivity index (χ3v) is 2.01. The van der Waals surface area contributed by atoms with E-state index < -0.39 is 5.79 Å². The molecule has 0 aliphatic rings. The number of hydrogen-bond donors (Lipinski definition) is 2. The van der Waals surface area contributed by atoms with Crippen molar-refractivity contribution in [1.29, 1.82) is 0 Å². The molecule has 5 heteroatoms. The summed E-state index contributed by atoms with van der Waals surface area (Å²) < 4.78 is 5.17. The summed E-state index contributed by atoms with van der Waals surface area (Å²) in [7, 11) is 0. The molecule has 3 N–H and O–H groups in total. The van der Waals surface area contributed by atoms with Crippen LogP contribution < -0.4 is 5.73 Å². The molecule has 0 saturated heterocycles. The maximum atomic E-state index is 9.33. The first-order valence-corrected chi connectivity index (χ1v) is 5.35. The molecule has 5 nitrogen and oxygen atoms in total. The third kappa shape index (κ3) is 5.75. The number of nitrogens with two attached hydrogens (primary N) is 1. The summed E-state index contributed by atoms with van der Waals surface area (Å²) in [6.07, 6.45) is 4.68. The summed E-state index contributed by atoms with van der Waals surface area (Å²) in [6, 6.07) is 1.72. The second-order valence-corrected chi connectivity index (χ2v) is 4.21. The van der Waals surface area contributed by atoms with Gasteiger partial charge in [-0.2, -0.15) is 0 Å². The lowest BCUT2D eigenvalue weighted by Crippen LogP contribution is -2.29. The Morgan fingerprint density at radius 2 is 2.06 bits per heavy atom. The van der Waals surface area contributed by atoms with Crippen LogP contribution in [0.1, 0.15) is 26.1 Å². The lowest BCUT2D eigenvalue weighted by Gasteiger charge is -2.19. The van der Waals surface area contributed by atoms with E-state index in [1.165, 1.54) is 0 Å². The molecule has 16 heavy (non-hydrogen) atoms. The van der Waals surface area contributed by atoms with E-state index in [0.29, 0.717) is 19.4 Å². The molecule has 0 bridgehead atoms. The molecule has 0 unspecified atom stereocenters. The lowest BCUT2D eigenvalue weighted by atomic mass is 10.1. The van der Waals surface area contributed by atoms with Gasteiger partial charge in [0.05, 0.1) is 6.61 Å². The SMILES string of the molecule is CC(C)(O)OCC[C@H](N)Cc1ncccn1. The summed E-state index contributed by atoms with van der Waals surface area (Å²) in [6.45, 7) is 3.62. The number of hydrogen-bond acceptors (Lipinski definition) is 5. The largest absolute Gasteiger partial charge is 0.366 e. The molecule has 0 aliphatic heterocycles. The number of rotatable bonds is 6. The molecule has 1 aromatic rings. The molecule has 0 saturated carbocycles. The molecule has 0 aliphatic carbocycles. The first kappa shape index (κ1) is 13.0. The van der Waals surface area contributed by atoms with Crippen molar-refractivity contribution in [3.63, 3.8) is 0 Å². The van der Waals surface area contributed by atoms with E-state index in [-0.39, 0.29) is 6.04 Å². The second-order valence-electron chi connectivity index (χ2n) is 4.21. The maximum absolute atomic E-state index is 9.33. The Hall–Kier alpha value is -1.04. The van der Waals surface area contributed by atoms with Crippen LogP contribution in [0, 0.1) is 0 Å². The van der Waals surface area contributed by atoms with Gasteiger partial charge in [-0.1, -0.05) is 0 Å². The molecular weight excluding hydrogens is 206 g/mol. The minimum atomic E-state index is -1.09. The van der Waals surface area contributed by atoms with Gasteiger partial charge >= 0.3 is 0 Å². The minimum absolute atomic E-state index is 0.0512. The zero-order chi connectivity index (χ0) is 12.0. The van der Waals surface area contributed by atoms with Crippen LogP contribution in [0.3, 0.4) is 0 Å². The van der Waals surface area contributed by atoms with Crippen molar-refractivity contribution in [2.24, 2.45) is 5.73 Å². The van der Waals surface area contributed by atoms with Crippen molar-refractivity contribution in [3.8, 4) is 0 Å². The van der Waals surface area contributed by atoms with Crippen molar-refractivity contribution in [3.05, 3.63) is 24.3 Å². The summed E-state index contributed by atoms with van der Waals surface area (Å²) >= 11 is 0. The molecule has 0 fully saturated rings. The van der Waals surface area contributed by atoms with Crippen LogP contribution in [0.25, 0.3) is 0 Å². The quantitative estimate of drug-likeness (QED) is 0.688. The highest BCUT2D eigenvalue weighted by Gasteiger charge is 2.13. The van der Waals surface area contributed by atoms with Gasteiger partial charge in [0.2, 0.25) is 0 Å². The van der Waals surface area contributed by atoms with Crippen molar-refractivity contribution in [1.82, 2.24) is 9.97 Å². The van der Waals surface area contributed by atoms with Crippen molar-refractivity contribution in [2.75, 3.05) is 6.61 Å². The highest BCUT2D eigenvalue weighted by molar-refractivity contribution is 4.91. The van der Waals surface area contributed by atoms with Crippen LogP contribution in [-0.2, 0) is 11.2 Å². The fourth-order valence-corrected chi connectivity index (χ4v) is 1.23. The number of ether oxygens (including phenoxy) is 1. The Morgan fingerprint density at radius 3 is 2.62 bits per heavy atom. The van der Waals surface area contributed by atoms with Crippen LogP contribution in [0.5, 0.6) is 0 Å². The van der Waals surface area contributed by atoms with Crippen molar-refractivity contribution in [2.45, 2.75) is 38.5 Å². The van der Waals surface area contributed by atoms with Crippen LogP contribution in [0.15, 0.2) is 18.5 Å². The van der Waals surface area contributed by atoms with E-state index in [2.05, 4.69) is 9.97 Å². The van der Waals surface area contributed by atoms with E-state index in [0.717, 1.165) is 5.82 Å². The molecule has 0 radical (unpaired) electrons. The zero-order valence-corrected chi connectivity index (χ0v) is 9.76. The molecule has 90 valence electrons. The van der Waals surface area contributed by atoms with Crippen molar-refractivity contribution >= 4 is 0 Å². The fraction of sp³-hybridized carbons (Fsp3) is 0.636. The van der Waals surface area contributed by atoms with Gasteiger partial charge in [-0.25, -0.2) is 9.97 Å². The highest BCUT2D eigenvalue weighted by Crippen LogP contribution is 2.05. The van der Waals surface area contributed by atoms with Crippen LogP contribution in [-0.4, -0.2) is 33.5 Å². The predicted octanol–water partition coefficient (Wildman–Crippen LogP) is 0.481. The average molecular weight is 225 g/mol. The Balaban J connectivity index is 2.24. The third-order valence-electron chi connectivity index (χ3n) is 2.01. The topological polar surface area (TPSA) is 81.3 Å². The van der Waals surface area contributed by atoms with Gasteiger partial charge in [0.1, 0.15) is 5.82 Å². The Labute approximate surface area is 95.7 Å². The normalized spacial score (nSPS) is 13.8. The van der Waals surface area contributed by atoms with E-state index in [4.69, 9.17) is 10.5 Å². The highest BCUT2D eigenvalue weighted by atomic mass is 16.6. The van der Waals surface area contributed by atoms with Crippen molar-refractivity contribution < 1.29 is 9.84 Å². The van der Waals surface area contributed by atoms with Gasteiger partial charge in [-0.3, -0.25) is 0 Å². The van der Waals surface area contributed by atoms with Gasteiger partial charge in [0.25, 0.3) is 0 Å². The minimum Gasteiger partial charge on any atom is -0.366 e. The lowest BCUT2D eigenvalue weighted by molar-refractivity contribution is -0.176. The molecule has 1 atom stereocenters. The van der Waals surface area contributed by atoms with Crippen LogP contribution in [0.4, 0.5) is 0 Å². The molecule has 0 spiro atoms. The van der Waals surface area contributed by atoms with Crippen LogP contribution >= 0.6 is 0 Å². The predicted molar refractivity (Wildman–Crippen MR) is 60.6 cm³/mol. The molecule has 1 rings (SSSR count). The molecule has 0 aromatic carbocycles. The first-order valence-electron chi connectivity index (χ1n) is 5.35. The molecule has 1 heterocycles. The maximum Gasteiger partial charge on any atom is 0.159 e. The Kier molecular flexibility index (Phi) is 4.79. The summed E-state index contributed by atoms with van der Waals surface area (Å²) in [4.78, 5) is 8.19. The summed E-state index contributed by atoms with van der Waals surface area (Å²) in [5.74, 6) is -0.360. The zero-order valence-electron chi connectivity index (χ0n) is 9.76. The molecule has 1 aromatic heterocycles. The van der Waals surface area contributed by atoms with E-state index >= 15 is 0 Å². The fourth-order valence-electron chi connectivity index (χ4n) is 1.23. The van der Waals surface area contributed by atoms with Gasteiger partial charge < -0.3 is 15.6 Å². The molecular formula is C11H19N3O2. The number of nitrogens with zero attached hydrogens (tertiary/aromatic N) is 2. The van der Waals surface area contributed by atoms with E-state index in [9.17, 15) is 5.11 Å².